The number of nitrogens with zero attached hydrogens (tertiary/aromatic N) is 1. The predicted octanol–water partition coefficient (Wildman–Crippen LogP) is 3.67. The summed E-state index contributed by atoms with van der Waals surface area (Å²) in [5.41, 5.74) is 0.246. The zero-order valence-electron chi connectivity index (χ0n) is 13.3. The van der Waals surface area contributed by atoms with E-state index in [4.69, 9.17) is 0 Å². The summed E-state index contributed by atoms with van der Waals surface area (Å²) in [6.07, 6.45) is 7.18. The first kappa shape index (κ1) is 16.0. The smallest absolute Gasteiger partial charge is 0.00966 e. The van der Waals surface area contributed by atoms with Gasteiger partial charge < -0.3 is 10.2 Å². The molecule has 0 saturated heterocycles. The first-order valence-corrected chi connectivity index (χ1v) is 7.91. The second-order valence-corrected chi connectivity index (χ2v) is 7.12. The summed E-state index contributed by atoms with van der Waals surface area (Å²) in [4.78, 5) is 2.72. The summed E-state index contributed by atoms with van der Waals surface area (Å²) in [6, 6.07) is 0.862. The molecule has 0 amide bonds. The normalized spacial score (nSPS) is 20.3. The Hall–Kier alpha value is -0.0800. The number of rotatable bonds is 6. The molecule has 0 aromatic rings. The van der Waals surface area contributed by atoms with Gasteiger partial charge in [-0.3, -0.25) is 0 Å². The van der Waals surface area contributed by atoms with E-state index in [2.05, 4.69) is 44.8 Å². The van der Waals surface area contributed by atoms with Gasteiger partial charge in [0.2, 0.25) is 0 Å². The van der Waals surface area contributed by atoms with E-state index in [1.54, 1.807) is 0 Å². The van der Waals surface area contributed by atoms with Crippen LogP contribution in [0.2, 0.25) is 0 Å². The molecule has 0 spiro atoms. The van der Waals surface area contributed by atoms with Crippen molar-refractivity contribution in [1.29, 1.82) is 0 Å². The van der Waals surface area contributed by atoms with E-state index in [1.165, 1.54) is 45.2 Å². The first-order valence-electron chi connectivity index (χ1n) is 7.91. The van der Waals surface area contributed by atoms with Crippen LogP contribution in [-0.2, 0) is 0 Å². The van der Waals surface area contributed by atoms with E-state index in [1.807, 2.05) is 0 Å². The molecule has 0 aromatic heterocycles. The number of nitrogens with one attached hydrogen (secondary N) is 1. The molecular formula is C16H34N2. The van der Waals surface area contributed by atoms with Crippen LogP contribution in [0.1, 0.15) is 66.7 Å². The van der Waals surface area contributed by atoms with Gasteiger partial charge in [0.25, 0.3) is 0 Å². The third-order valence-electron chi connectivity index (χ3n) is 4.02. The lowest BCUT2D eigenvalue weighted by Crippen LogP contribution is -2.44. The van der Waals surface area contributed by atoms with Crippen molar-refractivity contribution in [2.24, 2.45) is 5.92 Å². The van der Waals surface area contributed by atoms with Crippen molar-refractivity contribution in [1.82, 2.24) is 10.2 Å². The van der Waals surface area contributed by atoms with Crippen LogP contribution in [-0.4, -0.2) is 36.1 Å². The summed E-state index contributed by atoms with van der Waals surface area (Å²) >= 11 is 0. The van der Waals surface area contributed by atoms with Crippen molar-refractivity contribution < 1.29 is 0 Å². The van der Waals surface area contributed by atoms with Crippen molar-refractivity contribution in [2.45, 2.75) is 78.3 Å². The zero-order chi connectivity index (χ0) is 13.6. The fourth-order valence-corrected chi connectivity index (χ4v) is 2.93. The maximum absolute atomic E-state index is 3.63. The number of hydrogen-bond acceptors (Lipinski definition) is 2. The van der Waals surface area contributed by atoms with Crippen LogP contribution in [0, 0.1) is 5.92 Å². The molecule has 2 nitrogen and oxygen atoms in total. The highest BCUT2D eigenvalue weighted by atomic mass is 15.2. The van der Waals surface area contributed by atoms with Crippen LogP contribution in [0.4, 0.5) is 0 Å². The molecule has 0 heterocycles. The molecule has 108 valence electrons. The molecule has 18 heavy (non-hydrogen) atoms. The van der Waals surface area contributed by atoms with Crippen LogP contribution in [0.25, 0.3) is 0 Å². The molecular weight excluding hydrogens is 220 g/mol. The second kappa shape index (κ2) is 7.49. The maximum atomic E-state index is 3.63. The Morgan fingerprint density at radius 3 is 2.28 bits per heavy atom. The van der Waals surface area contributed by atoms with Gasteiger partial charge in [0.15, 0.2) is 0 Å². The lowest BCUT2D eigenvalue weighted by Gasteiger charge is -2.35. The standard InChI is InChI=1S/C16H34N2/c1-6-18(15-10-8-7-9-11-15)13-14(2)12-17-16(3,4)5/h14-15,17H,6-13H2,1-5H3. The lowest BCUT2D eigenvalue weighted by atomic mass is 9.93. The molecule has 1 N–H and O–H groups in total. The Kier molecular flexibility index (Phi) is 6.65. The van der Waals surface area contributed by atoms with Crippen LogP contribution in [0.15, 0.2) is 0 Å². The SMILES string of the molecule is CCN(CC(C)CNC(C)(C)C)C1CCCCC1. The molecule has 1 atom stereocenters. The second-order valence-electron chi connectivity index (χ2n) is 7.12. The molecule has 1 aliphatic carbocycles. The lowest BCUT2D eigenvalue weighted by molar-refractivity contribution is 0.141. The van der Waals surface area contributed by atoms with E-state index in [-0.39, 0.29) is 5.54 Å². The predicted molar refractivity (Wildman–Crippen MR) is 81.0 cm³/mol. The highest BCUT2D eigenvalue weighted by Gasteiger charge is 2.21. The average molecular weight is 254 g/mol. The van der Waals surface area contributed by atoms with Gasteiger partial charge in [-0.05, 0) is 52.6 Å². The van der Waals surface area contributed by atoms with Gasteiger partial charge in [-0.15, -0.1) is 0 Å². The van der Waals surface area contributed by atoms with Crippen molar-refractivity contribution in [3.8, 4) is 0 Å². The minimum Gasteiger partial charge on any atom is -0.312 e. The highest BCUT2D eigenvalue weighted by Crippen LogP contribution is 2.23. The first-order chi connectivity index (χ1) is 8.42. The van der Waals surface area contributed by atoms with Crippen molar-refractivity contribution in [3.05, 3.63) is 0 Å². The summed E-state index contributed by atoms with van der Waals surface area (Å²) < 4.78 is 0. The van der Waals surface area contributed by atoms with Gasteiger partial charge in [-0.1, -0.05) is 33.1 Å². The largest absolute Gasteiger partial charge is 0.312 e. The van der Waals surface area contributed by atoms with Gasteiger partial charge in [-0.2, -0.15) is 0 Å². The molecule has 0 aromatic carbocycles. The molecule has 1 rings (SSSR count). The molecule has 0 bridgehead atoms. The molecule has 1 aliphatic rings. The van der Waals surface area contributed by atoms with Crippen LogP contribution >= 0.6 is 0 Å². The summed E-state index contributed by atoms with van der Waals surface area (Å²) in [5.74, 6) is 0.742. The summed E-state index contributed by atoms with van der Waals surface area (Å²) in [6.45, 7) is 15.0. The highest BCUT2D eigenvalue weighted by molar-refractivity contribution is 4.78. The maximum Gasteiger partial charge on any atom is 0.00966 e. The van der Waals surface area contributed by atoms with E-state index in [0.717, 1.165) is 18.5 Å². The summed E-state index contributed by atoms with van der Waals surface area (Å²) in [7, 11) is 0. The monoisotopic (exact) mass is 254 g/mol. The van der Waals surface area contributed by atoms with E-state index in [0.29, 0.717) is 0 Å². The van der Waals surface area contributed by atoms with Gasteiger partial charge in [0.1, 0.15) is 0 Å². The van der Waals surface area contributed by atoms with Crippen molar-refractivity contribution in [3.63, 3.8) is 0 Å². The van der Waals surface area contributed by atoms with Crippen LogP contribution in [0.3, 0.4) is 0 Å². The molecule has 0 radical (unpaired) electrons. The average Bonchev–Trinajstić information content (AvgIpc) is 2.33. The Bertz CT molecular complexity index is 214. The third kappa shape index (κ3) is 6.19. The zero-order valence-corrected chi connectivity index (χ0v) is 13.3. The molecule has 1 fully saturated rings. The minimum absolute atomic E-state index is 0.246. The molecule has 0 aliphatic heterocycles. The van der Waals surface area contributed by atoms with E-state index in [9.17, 15) is 0 Å². The van der Waals surface area contributed by atoms with Crippen LogP contribution in [0.5, 0.6) is 0 Å². The van der Waals surface area contributed by atoms with Gasteiger partial charge in [0, 0.05) is 18.1 Å². The Morgan fingerprint density at radius 1 is 1.17 bits per heavy atom. The fourth-order valence-electron chi connectivity index (χ4n) is 2.93. The molecule has 1 unspecified atom stereocenters. The Balaban J connectivity index is 2.32. The van der Waals surface area contributed by atoms with Crippen molar-refractivity contribution >= 4 is 0 Å². The van der Waals surface area contributed by atoms with Crippen molar-refractivity contribution in [2.75, 3.05) is 19.6 Å². The quantitative estimate of drug-likeness (QED) is 0.778. The molecule has 2 heteroatoms. The third-order valence-corrected chi connectivity index (χ3v) is 4.02. The Morgan fingerprint density at radius 2 is 1.78 bits per heavy atom. The molecule has 1 saturated carbocycles. The van der Waals surface area contributed by atoms with E-state index >= 15 is 0 Å². The fraction of sp³-hybridized carbons (Fsp3) is 1.00. The van der Waals surface area contributed by atoms with Gasteiger partial charge in [-0.25, -0.2) is 0 Å². The van der Waals surface area contributed by atoms with Crippen LogP contribution < -0.4 is 5.32 Å². The Labute approximate surface area is 115 Å². The minimum atomic E-state index is 0.246. The number of hydrogen-bond donors (Lipinski definition) is 1. The summed E-state index contributed by atoms with van der Waals surface area (Å²) in [5, 5.41) is 3.63. The van der Waals surface area contributed by atoms with Gasteiger partial charge in [0.05, 0.1) is 0 Å². The van der Waals surface area contributed by atoms with Gasteiger partial charge >= 0.3 is 0 Å². The topological polar surface area (TPSA) is 15.3 Å². The van der Waals surface area contributed by atoms with E-state index < -0.39 is 0 Å².